The normalized spacial score (nSPS) is 13.1. The molecule has 0 aliphatic heterocycles. The lowest BCUT2D eigenvalue weighted by Gasteiger charge is -2.13. The summed E-state index contributed by atoms with van der Waals surface area (Å²) in [5.74, 6) is -0.921. The van der Waals surface area contributed by atoms with E-state index in [2.05, 4.69) is 15.9 Å². The van der Waals surface area contributed by atoms with E-state index < -0.39 is 21.0 Å². The molecule has 1 unspecified atom stereocenters. The molecule has 1 amide bonds. The average molecular weight is 322 g/mol. The number of hydroxylamine groups is 1. The van der Waals surface area contributed by atoms with Gasteiger partial charge in [-0.2, -0.15) is 0 Å². The molecule has 1 aromatic carbocycles. The van der Waals surface area contributed by atoms with Crippen molar-refractivity contribution in [2.45, 2.75) is 23.5 Å². The van der Waals surface area contributed by atoms with Gasteiger partial charge in [-0.1, -0.05) is 22.9 Å². The largest absolute Gasteiger partial charge is 0.289 e. The Hall–Kier alpha value is -0.920. The highest BCUT2D eigenvalue weighted by molar-refractivity contribution is 9.10. The standard InChI is InChI=1S/C10H12BrNO4S/c1-2-9(10(13)12-14)17(15,16)8-5-3-7(11)4-6-8/h3-6,9,14H,2H2,1H3,(H,12,13). The van der Waals surface area contributed by atoms with Crippen LogP contribution >= 0.6 is 15.9 Å². The smallest absolute Gasteiger partial charge is 0.262 e. The van der Waals surface area contributed by atoms with Crippen LogP contribution < -0.4 is 5.48 Å². The van der Waals surface area contributed by atoms with Gasteiger partial charge in [0.2, 0.25) is 0 Å². The van der Waals surface area contributed by atoms with E-state index in [0.717, 1.165) is 4.47 Å². The van der Waals surface area contributed by atoms with Crippen molar-refractivity contribution in [1.29, 1.82) is 0 Å². The number of hydrogen-bond donors (Lipinski definition) is 2. The van der Waals surface area contributed by atoms with Crippen molar-refractivity contribution < 1.29 is 18.4 Å². The third-order valence-corrected chi connectivity index (χ3v) is 5.04. The second-order valence-electron chi connectivity index (χ2n) is 3.37. The molecule has 1 atom stereocenters. The number of halogens is 1. The van der Waals surface area contributed by atoms with Crippen LogP contribution in [-0.4, -0.2) is 24.8 Å². The Bertz CT molecular complexity index is 498. The third-order valence-electron chi connectivity index (χ3n) is 2.29. The van der Waals surface area contributed by atoms with Gasteiger partial charge in [-0.15, -0.1) is 0 Å². The summed E-state index contributed by atoms with van der Waals surface area (Å²) in [6.07, 6.45) is 0.0881. The minimum Gasteiger partial charge on any atom is -0.289 e. The number of benzene rings is 1. The third kappa shape index (κ3) is 3.05. The van der Waals surface area contributed by atoms with Gasteiger partial charge in [-0.3, -0.25) is 10.0 Å². The highest BCUT2D eigenvalue weighted by Gasteiger charge is 2.32. The van der Waals surface area contributed by atoms with Crippen LogP contribution in [0.4, 0.5) is 0 Å². The Morgan fingerprint density at radius 3 is 2.35 bits per heavy atom. The predicted octanol–water partition coefficient (Wildman–Crippen LogP) is 1.51. The SMILES string of the molecule is CCC(C(=O)NO)S(=O)(=O)c1ccc(Br)cc1. The Morgan fingerprint density at radius 2 is 1.94 bits per heavy atom. The predicted molar refractivity (Wildman–Crippen MR) is 65.3 cm³/mol. The van der Waals surface area contributed by atoms with E-state index >= 15 is 0 Å². The van der Waals surface area contributed by atoms with Crippen LogP contribution in [0.3, 0.4) is 0 Å². The topological polar surface area (TPSA) is 83.5 Å². The maximum absolute atomic E-state index is 12.1. The molecule has 0 aliphatic rings. The molecule has 0 fully saturated rings. The van der Waals surface area contributed by atoms with E-state index in [1.165, 1.54) is 17.6 Å². The van der Waals surface area contributed by atoms with Crippen LogP contribution in [0.5, 0.6) is 0 Å². The van der Waals surface area contributed by atoms with Crippen LogP contribution in [0.25, 0.3) is 0 Å². The number of rotatable bonds is 4. The molecule has 17 heavy (non-hydrogen) atoms. The monoisotopic (exact) mass is 321 g/mol. The average Bonchev–Trinajstić information content (AvgIpc) is 2.29. The molecule has 0 saturated heterocycles. The Morgan fingerprint density at radius 1 is 1.41 bits per heavy atom. The number of carbonyl (C=O) groups is 1. The first-order chi connectivity index (χ1) is 7.93. The minimum absolute atomic E-state index is 0.0520. The fourth-order valence-electron chi connectivity index (χ4n) is 1.41. The summed E-state index contributed by atoms with van der Waals surface area (Å²) in [5.41, 5.74) is 1.38. The second kappa shape index (κ2) is 5.61. The fourth-order valence-corrected chi connectivity index (χ4v) is 3.29. The molecule has 0 aliphatic carbocycles. The van der Waals surface area contributed by atoms with E-state index in [1.54, 1.807) is 19.1 Å². The molecule has 7 heteroatoms. The molecule has 1 rings (SSSR count). The van der Waals surface area contributed by atoms with E-state index in [1.807, 2.05) is 0 Å². The molecule has 2 N–H and O–H groups in total. The van der Waals surface area contributed by atoms with Crippen molar-refractivity contribution in [2.24, 2.45) is 0 Å². The highest BCUT2D eigenvalue weighted by Crippen LogP contribution is 2.20. The van der Waals surface area contributed by atoms with Crippen LogP contribution in [0, 0.1) is 0 Å². The van der Waals surface area contributed by atoms with Gasteiger partial charge >= 0.3 is 0 Å². The molecule has 94 valence electrons. The van der Waals surface area contributed by atoms with Gasteiger partial charge in [-0.05, 0) is 30.7 Å². The van der Waals surface area contributed by atoms with Crippen molar-refractivity contribution in [2.75, 3.05) is 0 Å². The van der Waals surface area contributed by atoms with Crippen molar-refractivity contribution >= 4 is 31.7 Å². The van der Waals surface area contributed by atoms with Crippen molar-refractivity contribution in [3.8, 4) is 0 Å². The molecule has 0 spiro atoms. The van der Waals surface area contributed by atoms with E-state index in [0.29, 0.717) is 0 Å². The lowest BCUT2D eigenvalue weighted by Crippen LogP contribution is -2.37. The lowest BCUT2D eigenvalue weighted by atomic mass is 10.3. The van der Waals surface area contributed by atoms with Crippen molar-refractivity contribution in [1.82, 2.24) is 5.48 Å². The molecular formula is C10H12BrNO4S. The lowest BCUT2D eigenvalue weighted by molar-refractivity contribution is -0.128. The summed E-state index contributed by atoms with van der Waals surface area (Å²) in [7, 11) is -3.77. The summed E-state index contributed by atoms with van der Waals surface area (Å²) in [6, 6.07) is 5.98. The maximum Gasteiger partial charge on any atom is 0.262 e. The zero-order valence-corrected chi connectivity index (χ0v) is 11.5. The number of nitrogens with one attached hydrogen (secondary N) is 1. The van der Waals surface area contributed by atoms with Gasteiger partial charge in [0.05, 0.1) is 4.90 Å². The van der Waals surface area contributed by atoms with Gasteiger partial charge in [0.25, 0.3) is 5.91 Å². The zero-order valence-electron chi connectivity index (χ0n) is 9.05. The fraction of sp³-hybridized carbons (Fsp3) is 0.300. The molecule has 1 aromatic rings. The summed E-state index contributed by atoms with van der Waals surface area (Å²) in [4.78, 5) is 11.3. The van der Waals surface area contributed by atoms with Crippen LogP contribution in [-0.2, 0) is 14.6 Å². The van der Waals surface area contributed by atoms with Crippen LogP contribution in [0.1, 0.15) is 13.3 Å². The number of amides is 1. The maximum atomic E-state index is 12.1. The van der Waals surface area contributed by atoms with Gasteiger partial charge in [0.1, 0.15) is 5.25 Å². The first kappa shape index (κ1) is 14.1. The molecule has 0 saturated carbocycles. The molecule has 0 radical (unpaired) electrons. The number of hydrogen-bond acceptors (Lipinski definition) is 4. The van der Waals surface area contributed by atoms with E-state index in [9.17, 15) is 13.2 Å². The summed E-state index contributed by atoms with van der Waals surface area (Å²) in [5, 5.41) is 7.24. The van der Waals surface area contributed by atoms with Crippen molar-refractivity contribution in [3.05, 3.63) is 28.7 Å². The zero-order chi connectivity index (χ0) is 13.1. The second-order valence-corrected chi connectivity index (χ2v) is 6.42. The van der Waals surface area contributed by atoms with Crippen molar-refractivity contribution in [3.63, 3.8) is 0 Å². The first-order valence-electron chi connectivity index (χ1n) is 4.87. The van der Waals surface area contributed by atoms with E-state index in [-0.39, 0.29) is 11.3 Å². The summed E-state index contributed by atoms with van der Waals surface area (Å²) < 4.78 is 24.9. The number of sulfone groups is 1. The Labute approximate surface area is 108 Å². The van der Waals surface area contributed by atoms with Gasteiger partial charge in [-0.25, -0.2) is 13.9 Å². The first-order valence-corrected chi connectivity index (χ1v) is 7.20. The van der Waals surface area contributed by atoms with Crippen LogP contribution in [0.2, 0.25) is 0 Å². The van der Waals surface area contributed by atoms with Gasteiger partial charge in [0.15, 0.2) is 9.84 Å². The van der Waals surface area contributed by atoms with Gasteiger partial charge < -0.3 is 0 Å². The van der Waals surface area contributed by atoms with Gasteiger partial charge in [0, 0.05) is 4.47 Å². The Balaban J connectivity index is 3.17. The summed E-state index contributed by atoms with van der Waals surface area (Å²) in [6.45, 7) is 1.57. The quantitative estimate of drug-likeness (QED) is 0.650. The highest BCUT2D eigenvalue weighted by atomic mass is 79.9. The molecule has 5 nitrogen and oxygen atoms in total. The molecular weight excluding hydrogens is 310 g/mol. The van der Waals surface area contributed by atoms with Crippen LogP contribution in [0.15, 0.2) is 33.6 Å². The number of carbonyl (C=O) groups excluding carboxylic acids is 1. The molecule has 0 aromatic heterocycles. The summed E-state index contributed by atoms with van der Waals surface area (Å²) >= 11 is 3.19. The minimum atomic E-state index is -3.77. The van der Waals surface area contributed by atoms with E-state index in [4.69, 9.17) is 5.21 Å². The molecule has 0 heterocycles. The molecule has 0 bridgehead atoms. The Kier molecular flexibility index (Phi) is 4.67.